The summed E-state index contributed by atoms with van der Waals surface area (Å²) in [5.41, 5.74) is 0. The van der Waals surface area contributed by atoms with Crippen LogP contribution in [0.2, 0.25) is 0 Å². The number of hydrogen-bond donors (Lipinski definition) is 1. The third-order valence-electron chi connectivity index (χ3n) is 3.73. The molecule has 3 heteroatoms. The van der Waals surface area contributed by atoms with E-state index in [1.807, 2.05) is 0 Å². The van der Waals surface area contributed by atoms with Gasteiger partial charge in [0.2, 0.25) is 0 Å². The molecule has 2 aliphatic rings. The number of likely N-dealkylation sites (N-methyl/N-ethyl adjacent to an activating group) is 1. The Labute approximate surface area is 93.2 Å². The molecule has 0 bridgehead atoms. The van der Waals surface area contributed by atoms with Gasteiger partial charge in [0.15, 0.2) is 0 Å². The lowest BCUT2D eigenvalue weighted by Gasteiger charge is -2.35. The Morgan fingerprint density at radius 2 is 2.27 bits per heavy atom. The second kappa shape index (κ2) is 5.83. The molecule has 2 saturated heterocycles. The molecule has 0 aliphatic carbocycles. The smallest absolute Gasteiger partial charge is 0.0620 e. The van der Waals surface area contributed by atoms with Crippen LogP contribution in [0.5, 0.6) is 0 Å². The van der Waals surface area contributed by atoms with E-state index in [0.29, 0.717) is 6.04 Å². The minimum atomic E-state index is 0.616. The van der Waals surface area contributed by atoms with Crippen LogP contribution in [-0.2, 0) is 4.74 Å². The summed E-state index contributed by atoms with van der Waals surface area (Å²) in [6.07, 6.45) is 5.36. The molecule has 2 aliphatic heterocycles. The third kappa shape index (κ3) is 3.16. The van der Waals surface area contributed by atoms with Gasteiger partial charge in [-0.15, -0.1) is 0 Å². The minimum absolute atomic E-state index is 0.616. The fourth-order valence-corrected chi connectivity index (χ4v) is 2.71. The first-order valence-corrected chi connectivity index (χ1v) is 6.45. The summed E-state index contributed by atoms with van der Waals surface area (Å²) in [4.78, 5) is 2.62. The lowest BCUT2D eigenvalue weighted by Crippen LogP contribution is -2.47. The Morgan fingerprint density at radius 1 is 1.33 bits per heavy atom. The summed E-state index contributed by atoms with van der Waals surface area (Å²) in [6.45, 7) is 7.79. The SMILES string of the molecule is CCN1CCCCC1CNC1CCOC1. The van der Waals surface area contributed by atoms with E-state index in [0.717, 1.165) is 25.8 Å². The number of nitrogens with one attached hydrogen (secondary N) is 1. The van der Waals surface area contributed by atoms with E-state index >= 15 is 0 Å². The second-order valence-corrected chi connectivity index (χ2v) is 4.75. The summed E-state index contributed by atoms with van der Waals surface area (Å²) in [5.74, 6) is 0. The quantitative estimate of drug-likeness (QED) is 0.759. The Kier molecular flexibility index (Phi) is 4.42. The highest BCUT2D eigenvalue weighted by Crippen LogP contribution is 2.16. The molecule has 2 unspecified atom stereocenters. The number of piperidine rings is 1. The first-order valence-electron chi connectivity index (χ1n) is 6.45. The van der Waals surface area contributed by atoms with Gasteiger partial charge >= 0.3 is 0 Å². The van der Waals surface area contributed by atoms with Gasteiger partial charge in [0.05, 0.1) is 6.61 Å². The molecule has 1 N–H and O–H groups in total. The fraction of sp³-hybridized carbons (Fsp3) is 1.00. The van der Waals surface area contributed by atoms with E-state index < -0.39 is 0 Å². The van der Waals surface area contributed by atoms with Crippen molar-refractivity contribution in [2.45, 2.75) is 44.7 Å². The van der Waals surface area contributed by atoms with Crippen molar-refractivity contribution in [3.05, 3.63) is 0 Å². The van der Waals surface area contributed by atoms with Gasteiger partial charge < -0.3 is 10.1 Å². The molecule has 15 heavy (non-hydrogen) atoms. The zero-order chi connectivity index (χ0) is 10.5. The number of nitrogens with zero attached hydrogens (tertiary/aromatic N) is 1. The Morgan fingerprint density at radius 3 is 3.00 bits per heavy atom. The van der Waals surface area contributed by atoms with Crippen molar-refractivity contribution in [3.8, 4) is 0 Å². The zero-order valence-corrected chi connectivity index (χ0v) is 9.87. The van der Waals surface area contributed by atoms with Crippen molar-refractivity contribution in [2.24, 2.45) is 0 Å². The molecule has 2 fully saturated rings. The molecule has 3 nitrogen and oxygen atoms in total. The summed E-state index contributed by atoms with van der Waals surface area (Å²) in [6, 6.07) is 1.38. The van der Waals surface area contributed by atoms with Gasteiger partial charge in [-0.1, -0.05) is 13.3 Å². The highest BCUT2D eigenvalue weighted by atomic mass is 16.5. The predicted octanol–water partition coefficient (Wildman–Crippen LogP) is 1.24. The maximum atomic E-state index is 5.37. The first kappa shape index (κ1) is 11.4. The number of ether oxygens (including phenoxy) is 1. The van der Waals surface area contributed by atoms with E-state index in [2.05, 4.69) is 17.1 Å². The van der Waals surface area contributed by atoms with Crippen LogP contribution in [0, 0.1) is 0 Å². The topological polar surface area (TPSA) is 24.5 Å². The van der Waals surface area contributed by atoms with Gasteiger partial charge in [0.1, 0.15) is 0 Å². The van der Waals surface area contributed by atoms with E-state index in [4.69, 9.17) is 4.74 Å². The van der Waals surface area contributed by atoms with E-state index in [-0.39, 0.29) is 0 Å². The van der Waals surface area contributed by atoms with Crippen LogP contribution in [0.1, 0.15) is 32.6 Å². The fourth-order valence-electron chi connectivity index (χ4n) is 2.71. The Bertz CT molecular complexity index is 180. The van der Waals surface area contributed by atoms with Crippen LogP contribution >= 0.6 is 0 Å². The standard InChI is InChI=1S/C12H24N2O/c1-2-14-7-4-3-5-12(14)9-13-11-6-8-15-10-11/h11-13H,2-10H2,1H3. The van der Waals surface area contributed by atoms with Crippen LogP contribution in [0.3, 0.4) is 0 Å². The van der Waals surface area contributed by atoms with Gasteiger partial charge in [-0.25, -0.2) is 0 Å². The van der Waals surface area contributed by atoms with Crippen LogP contribution in [0.15, 0.2) is 0 Å². The number of hydrogen-bond acceptors (Lipinski definition) is 3. The molecule has 88 valence electrons. The third-order valence-corrected chi connectivity index (χ3v) is 3.73. The summed E-state index contributed by atoms with van der Waals surface area (Å²) < 4.78 is 5.37. The summed E-state index contributed by atoms with van der Waals surface area (Å²) in [7, 11) is 0. The number of likely N-dealkylation sites (tertiary alicyclic amines) is 1. The molecule has 2 heterocycles. The monoisotopic (exact) mass is 212 g/mol. The van der Waals surface area contributed by atoms with E-state index in [9.17, 15) is 0 Å². The van der Waals surface area contributed by atoms with Crippen LogP contribution in [0.25, 0.3) is 0 Å². The number of rotatable bonds is 4. The molecule has 0 aromatic heterocycles. The lowest BCUT2D eigenvalue weighted by molar-refractivity contribution is 0.146. The lowest BCUT2D eigenvalue weighted by atomic mass is 10.0. The molecular weight excluding hydrogens is 188 g/mol. The largest absolute Gasteiger partial charge is 0.380 e. The summed E-state index contributed by atoms with van der Waals surface area (Å²) >= 11 is 0. The van der Waals surface area contributed by atoms with Gasteiger partial charge in [-0.2, -0.15) is 0 Å². The van der Waals surface area contributed by atoms with Crippen molar-refractivity contribution in [2.75, 3.05) is 32.8 Å². The highest BCUT2D eigenvalue weighted by Gasteiger charge is 2.22. The maximum absolute atomic E-state index is 5.37. The van der Waals surface area contributed by atoms with E-state index in [1.54, 1.807) is 0 Å². The maximum Gasteiger partial charge on any atom is 0.0620 e. The Hall–Kier alpha value is -0.120. The van der Waals surface area contributed by atoms with Crippen LogP contribution < -0.4 is 5.32 Å². The van der Waals surface area contributed by atoms with Crippen molar-refractivity contribution >= 4 is 0 Å². The van der Waals surface area contributed by atoms with E-state index in [1.165, 1.54) is 38.8 Å². The highest BCUT2D eigenvalue weighted by molar-refractivity contribution is 4.81. The van der Waals surface area contributed by atoms with Crippen molar-refractivity contribution in [1.82, 2.24) is 10.2 Å². The van der Waals surface area contributed by atoms with Crippen molar-refractivity contribution in [3.63, 3.8) is 0 Å². The molecule has 0 amide bonds. The molecule has 0 spiro atoms. The Balaban J connectivity index is 1.71. The van der Waals surface area contributed by atoms with Gasteiger partial charge in [0.25, 0.3) is 0 Å². The predicted molar refractivity (Wildman–Crippen MR) is 62.1 cm³/mol. The van der Waals surface area contributed by atoms with Gasteiger partial charge in [0, 0.05) is 25.2 Å². The van der Waals surface area contributed by atoms with Crippen LogP contribution in [0.4, 0.5) is 0 Å². The average Bonchev–Trinajstić information content (AvgIpc) is 2.79. The first-order chi connectivity index (χ1) is 7.40. The molecule has 0 aromatic carbocycles. The molecule has 0 saturated carbocycles. The normalized spacial score (nSPS) is 33.4. The molecule has 2 rings (SSSR count). The van der Waals surface area contributed by atoms with Crippen molar-refractivity contribution in [1.29, 1.82) is 0 Å². The molecule has 2 atom stereocenters. The molecular formula is C12H24N2O. The second-order valence-electron chi connectivity index (χ2n) is 4.75. The van der Waals surface area contributed by atoms with Gasteiger partial charge in [-0.3, -0.25) is 4.90 Å². The zero-order valence-electron chi connectivity index (χ0n) is 9.87. The average molecular weight is 212 g/mol. The van der Waals surface area contributed by atoms with Gasteiger partial charge in [-0.05, 0) is 32.4 Å². The van der Waals surface area contributed by atoms with Crippen molar-refractivity contribution < 1.29 is 4.74 Å². The minimum Gasteiger partial charge on any atom is -0.380 e. The van der Waals surface area contributed by atoms with Crippen LogP contribution in [-0.4, -0.2) is 49.8 Å². The molecule has 0 aromatic rings. The molecule has 0 radical (unpaired) electrons. The summed E-state index contributed by atoms with van der Waals surface area (Å²) in [5, 5.41) is 3.65.